The Labute approximate surface area is 133 Å². The number of benzene rings is 1. The highest BCUT2D eigenvalue weighted by atomic mass is 16.3. The lowest BCUT2D eigenvalue weighted by Crippen LogP contribution is -2.44. The summed E-state index contributed by atoms with van der Waals surface area (Å²) >= 11 is 0. The van der Waals surface area contributed by atoms with E-state index in [1.54, 1.807) is 6.20 Å². The number of furan rings is 1. The highest BCUT2D eigenvalue weighted by molar-refractivity contribution is 6.02. The number of H-pyrrole nitrogens is 1. The SMILES string of the molecule is Cc1ccc(-c2[nH]ncc2[C@@H]2NC(=O)c3ccccc3N2C)o1. The van der Waals surface area contributed by atoms with Crippen LogP contribution in [0.25, 0.3) is 11.5 Å². The van der Waals surface area contributed by atoms with Gasteiger partial charge in [-0.1, -0.05) is 12.1 Å². The Morgan fingerprint density at radius 2 is 2.04 bits per heavy atom. The fourth-order valence-corrected chi connectivity index (χ4v) is 2.97. The molecule has 0 radical (unpaired) electrons. The molecule has 0 aliphatic carbocycles. The normalized spacial score (nSPS) is 17.0. The van der Waals surface area contributed by atoms with Gasteiger partial charge in [0.2, 0.25) is 0 Å². The van der Waals surface area contributed by atoms with Crippen LogP contribution in [-0.4, -0.2) is 23.2 Å². The first-order valence-electron chi connectivity index (χ1n) is 7.38. The van der Waals surface area contributed by atoms with Crippen LogP contribution in [0.1, 0.15) is 27.8 Å². The third-order valence-electron chi connectivity index (χ3n) is 4.13. The molecule has 0 fully saturated rings. The van der Waals surface area contributed by atoms with Crippen LogP contribution in [-0.2, 0) is 0 Å². The summed E-state index contributed by atoms with van der Waals surface area (Å²) in [4.78, 5) is 14.4. The summed E-state index contributed by atoms with van der Waals surface area (Å²) in [7, 11) is 1.95. The monoisotopic (exact) mass is 308 g/mol. The average molecular weight is 308 g/mol. The third-order valence-corrected chi connectivity index (χ3v) is 4.13. The van der Waals surface area contributed by atoms with Crippen molar-refractivity contribution in [3.63, 3.8) is 0 Å². The second-order valence-corrected chi connectivity index (χ2v) is 5.61. The number of fused-ring (bicyclic) bond motifs is 1. The number of amides is 1. The van der Waals surface area contributed by atoms with Gasteiger partial charge >= 0.3 is 0 Å². The Morgan fingerprint density at radius 1 is 1.22 bits per heavy atom. The van der Waals surface area contributed by atoms with Gasteiger partial charge in [0.25, 0.3) is 5.91 Å². The van der Waals surface area contributed by atoms with Crippen LogP contribution in [0.5, 0.6) is 0 Å². The van der Waals surface area contributed by atoms with Crippen molar-refractivity contribution in [3.05, 3.63) is 59.5 Å². The zero-order valence-electron chi connectivity index (χ0n) is 12.8. The third kappa shape index (κ3) is 2.11. The number of carbonyl (C=O) groups is 1. The number of nitrogens with one attached hydrogen (secondary N) is 2. The largest absolute Gasteiger partial charge is 0.460 e. The molecular weight excluding hydrogens is 292 g/mol. The predicted octanol–water partition coefficient (Wildman–Crippen LogP) is 2.86. The van der Waals surface area contributed by atoms with Gasteiger partial charge in [0.1, 0.15) is 17.6 Å². The Bertz CT molecular complexity index is 880. The summed E-state index contributed by atoms with van der Waals surface area (Å²) in [6.07, 6.45) is 1.42. The number of anilines is 1. The molecule has 3 heterocycles. The summed E-state index contributed by atoms with van der Waals surface area (Å²) in [5.41, 5.74) is 3.20. The van der Waals surface area contributed by atoms with Crippen molar-refractivity contribution in [1.29, 1.82) is 0 Å². The standard InChI is InChI=1S/C17H16N4O2/c1-10-7-8-14(23-10)15-12(9-18-20-15)16-19-17(22)11-5-3-4-6-13(11)21(16)2/h3-9,16H,1-2H3,(H,18,20)(H,19,22)/t16-/m1/s1. The van der Waals surface area contributed by atoms with Crippen molar-refractivity contribution in [1.82, 2.24) is 15.5 Å². The molecule has 0 spiro atoms. The minimum Gasteiger partial charge on any atom is -0.460 e. The van der Waals surface area contributed by atoms with Crippen LogP contribution >= 0.6 is 0 Å². The van der Waals surface area contributed by atoms with Crippen LogP contribution in [0.2, 0.25) is 0 Å². The van der Waals surface area contributed by atoms with E-state index >= 15 is 0 Å². The number of aromatic amines is 1. The van der Waals surface area contributed by atoms with Gasteiger partial charge in [0, 0.05) is 12.6 Å². The van der Waals surface area contributed by atoms with E-state index in [-0.39, 0.29) is 12.1 Å². The summed E-state index contributed by atoms with van der Waals surface area (Å²) < 4.78 is 5.69. The van der Waals surface area contributed by atoms with Gasteiger partial charge < -0.3 is 14.6 Å². The average Bonchev–Trinajstić information content (AvgIpc) is 3.19. The summed E-state index contributed by atoms with van der Waals surface area (Å²) in [5.74, 6) is 1.44. The quantitative estimate of drug-likeness (QED) is 0.763. The topological polar surface area (TPSA) is 74.2 Å². The number of aryl methyl sites for hydroxylation is 1. The molecule has 1 atom stereocenters. The highest BCUT2D eigenvalue weighted by Crippen LogP contribution is 2.35. The van der Waals surface area contributed by atoms with E-state index in [0.717, 1.165) is 22.7 Å². The van der Waals surface area contributed by atoms with E-state index in [1.165, 1.54) is 0 Å². The maximum absolute atomic E-state index is 12.4. The first-order chi connectivity index (χ1) is 11.1. The molecule has 3 aromatic rings. The second-order valence-electron chi connectivity index (χ2n) is 5.61. The van der Waals surface area contributed by atoms with Gasteiger partial charge in [-0.05, 0) is 31.2 Å². The van der Waals surface area contributed by atoms with Gasteiger partial charge in [-0.15, -0.1) is 0 Å². The van der Waals surface area contributed by atoms with Gasteiger partial charge in [0.15, 0.2) is 5.76 Å². The Balaban J connectivity index is 1.78. The molecular formula is C17H16N4O2. The summed E-state index contributed by atoms with van der Waals surface area (Å²) in [5, 5.41) is 10.1. The molecule has 116 valence electrons. The van der Waals surface area contributed by atoms with Crippen LogP contribution in [0.3, 0.4) is 0 Å². The molecule has 1 aliphatic rings. The van der Waals surface area contributed by atoms with E-state index in [0.29, 0.717) is 11.3 Å². The number of hydrogen-bond acceptors (Lipinski definition) is 4. The van der Waals surface area contributed by atoms with E-state index in [2.05, 4.69) is 15.5 Å². The zero-order valence-corrected chi connectivity index (χ0v) is 12.8. The first kappa shape index (κ1) is 13.6. The minimum absolute atomic E-state index is 0.0912. The van der Waals surface area contributed by atoms with Gasteiger partial charge in [-0.3, -0.25) is 9.89 Å². The fourth-order valence-electron chi connectivity index (χ4n) is 2.97. The van der Waals surface area contributed by atoms with Crippen LogP contribution in [0.15, 0.2) is 47.0 Å². The predicted molar refractivity (Wildman–Crippen MR) is 86.1 cm³/mol. The zero-order chi connectivity index (χ0) is 16.0. The maximum Gasteiger partial charge on any atom is 0.255 e. The lowest BCUT2D eigenvalue weighted by molar-refractivity contribution is 0.0928. The Morgan fingerprint density at radius 3 is 2.83 bits per heavy atom. The Kier molecular flexibility index (Phi) is 2.97. The molecule has 0 unspecified atom stereocenters. The van der Waals surface area contributed by atoms with Gasteiger partial charge in [0.05, 0.1) is 17.4 Å². The smallest absolute Gasteiger partial charge is 0.255 e. The summed E-state index contributed by atoms with van der Waals surface area (Å²) in [6.45, 7) is 1.89. The van der Waals surface area contributed by atoms with E-state index in [1.807, 2.05) is 55.3 Å². The van der Waals surface area contributed by atoms with Crippen LogP contribution in [0.4, 0.5) is 5.69 Å². The van der Waals surface area contributed by atoms with Crippen molar-refractivity contribution in [2.24, 2.45) is 0 Å². The molecule has 0 bridgehead atoms. The van der Waals surface area contributed by atoms with Gasteiger partial charge in [-0.25, -0.2) is 0 Å². The lowest BCUT2D eigenvalue weighted by Gasteiger charge is -2.36. The number of nitrogens with zero attached hydrogens (tertiary/aromatic N) is 2. The molecule has 1 amide bonds. The van der Waals surface area contributed by atoms with E-state index in [4.69, 9.17) is 4.42 Å². The number of aromatic nitrogens is 2. The first-order valence-corrected chi connectivity index (χ1v) is 7.38. The number of rotatable bonds is 2. The van der Waals surface area contributed by atoms with Crippen molar-refractivity contribution < 1.29 is 9.21 Å². The molecule has 2 aromatic heterocycles. The number of carbonyl (C=O) groups excluding carboxylic acids is 1. The Hall–Kier alpha value is -3.02. The molecule has 0 saturated carbocycles. The maximum atomic E-state index is 12.4. The van der Waals surface area contributed by atoms with Crippen molar-refractivity contribution in [3.8, 4) is 11.5 Å². The minimum atomic E-state index is -0.309. The van der Waals surface area contributed by atoms with Crippen LogP contribution in [0, 0.1) is 6.92 Å². The molecule has 4 rings (SSSR count). The molecule has 1 aliphatic heterocycles. The van der Waals surface area contributed by atoms with Crippen molar-refractivity contribution in [2.75, 3.05) is 11.9 Å². The number of hydrogen-bond donors (Lipinski definition) is 2. The molecule has 2 N–H and O–H groups in total. The fraction of sp³-hybridized carbons (Fsp3) is 0.176. The lowest BCUT2D eigenvalue weighted by atomic mass is 10.0. The highest BCUT2D eigenvalue weighted by Gasteiger charge is 2.32. The molecule has 6 heteroatoms. The molecule has 6 nitrogen and oxygen atoms in total. The van der Waals surface area contributed by atoms with Gasteiger partial charge in [-0.2, -0.15) is 5.10 Å². The van der Waals surface area contributed by atoms with Crippen LogP contribution < -0.4 is 10.2 Å². The summed E-state index contributed by atoms with van der Waals surface area (Å²) in [6, 6.07) is 11.4. The molecule has 0 saturated heterocycles. The number of para-hydroxylation sites is 1. The molecule has 23 heavy (non-hydrogen) atoms. The van der Waals surface area contributed by atoms with Crippen molar-refractivity contribution in [2.45, 2.75) is 13.1 Å². The van der Waals surface area contributed by atoms with E-state index < -0.39 is 0 Å². The van der Waals surface area contributed by atoms with Crippen molar-refractivity contribution >= 4 is 11.6 Å². The van der Waals surface area contributed by atoms with E-state index in [9.17, 15) is 4.79 Å². The second kappa shape index (κ2) is 5.01. The molecule has 1 aromatic carbocycles.